The van der Waals surface area contributed by atoms with E-state index in [1.807, 2.05) is 32.0 Å². The Morgan fingerprint density at radius 1 is 1.05 bits per heavy atom. The first-order valence-electron chi connectivity index (χ1n) is 6.89. The molecule has 0 saturated carbocycles. The Morgan fingerprint density at radius 2 is 1.81 bits per heavy atom. The van der Waals surface area contributed by atoms with E-state index in [0.717, 1.165) is 41.7 Å². The van der Waals surface area contributed by atoms with Crippen molar-refractivity contribution in [3.63, 3.8) is 0 Å². The lowest BCUT2D eigenvalue weighted by atomic mass is 10.1. The van der Waals surface area contributed by atoms with Crippen LogP contribution in [0.4, 0.5) is 5.82 Å². The maximum absolute atomic E-state index is 5.30. The van der Waals surface area contributed by atoms with E-state index < -0.39 is 0 Å². The fourth-order valence-corrected chi connectivity index (χ4v) is 2.00. The number of hydrogen-bond acceptors (Lipinski definition) is 5. The first-order chi connectivity index (χ1) is 10.1. The van der Waals surface area contributed by atoms with Crippen molar-refractivity contribution in [1.82, 2.24) is 9.97 Å². The summed E-state index contributed by atoms with van der Waals surface area (Å²) in [6.07, 6.45) is 2.63. The lowest BCUT2D eigenvalue weighted by Gasteiger charge is -2.10. The molecule has 0 aliphatic carbocycles. The van der Waals surface area contributed by atoms with Gasteiger partial charge in [0.05, 0.1) is 31.8 Å². The van der Waals surface area contributed by atoms with Gasteiger partial charge in [-0.3, -0.25) is 4.98 Å². The summed E-state index contributed by atoms with van der Waals surface area (Å²) in [5.74, 6) is 2.30. The second-order valence-corrected chi connectivity index (χ2v) is 4.79. The highest BCUT2D eigenvalue weighted by Gasteiger charge is 2.05. The molecule has 5 heteroatoms. The molecule has 0 atom stereocenters. The SMILES string of the molecule is COc1ccc(CCNc2cnc(C)c(C)n2)cc1OC. The molecule has 0 amide bonds. The van der Waals surface area contributed by atoms with Crippen molar-refractivity contribution in [3.8, 4) is 11.5 Å². The number of aromatic nitrogens is 2. The van der Waals surface area contributed by atoms with Gasteiger partial charge in [-0.25, -0.2) is 4.98 Å². The minimum Gasteiger partial charge on any atom is -0.493 e. The van der Waals surface area contributed by atoms with Crippen molar-refractivity contribution in [2.24, 2.45) is 0 Å². The molecule has 0 aliphatic heterocycles. The predicted molar refractivity (Wildman–Crippen MR) is 83.2 cm³/mol. The molecule has 0 radical (unpaired) electrons. The van der Waals surface area contributed by atoms with Crippen LogP contribution >= 0.6 is 0 Å². The van der Waals surface area contributed by atoms with Crippen LogP contribution in [0.25, 0.3) is 0 Å². The molecule has 0 bridgehead atoms. The van der Waals surface area contributed by atoms with Gasteiger partial charge in [0.25, 0.3) is 0 Å². The van der Waals surface area contributed by atoms with Crippen LogP contribution in [-0.4, -0.2) is 30.7 Å². The van der Waals surface area contributed by atoms with Gasteiger partial charge in [0.1, 0.15) is 5.82 Å². The summed E-state index contributed by atoms with van der Waals surface area (Å²) >= 11 is 0. The number of hydrogen-bond donors (Lipinski definition) is 1. The van der Waals surface area contributed by atoms with Crippen LogP contribution in [0.2, 0.25) is 0 Å². The van der Waals surface area contributed by atoms with E-state index in [0.29, 0.717) is 0 Å². The van der Waals surface area contributed by atoms with Crippen LogP contribution in [0.15, 0.2) is 24.4 Å². The van der Waals surface area contributed by atoms with E-state index >= 15 is 0 Å². The fourth-order valence-electron chi connectivity index (χ4n) is 2.00. The quantitative estimate of drug-likeness (QED) is 0.885. The van der Waals surface area contributed by atoms with Gasteiger partial charge >= 0.3 is 0 Å². The number of nitrogens with zero attached hydrogens (tertiary/aromatic N) is 2. The van der Waals surface area contributed by atoms with Gasteiger partial charge in [0.2, 0.25) is 0 Å². The second kappa shape index (κ2) is 6.92. The summed E-state index contributed by atoms with van der Waals surface area (Å²) in [6, 6.07) is 5.95. The van der Waals surface area contributed by atoms with Gasteiger partial charge in [-0.1, -0.05) is 6.07 Å². The lowest BCUT2D eigenvalue weighted by molar-refractivity contribution is 0.354. The number of ether oxygens (including phenoxy) is 2. The predicted octanol–water partition coefficient (Wildman–Crippen LogP) is 2.77. The van der Waals surface area contributed by atoms with Gasteiger partial charge in [-0.05, 0) is 38.0 Å². The number of benzene rings is 1. The van der Waals surface area contributed by atoms with Crippen molar-refractivity contribution in [3.05, 3.63) is 41.3 Å². The highest BCUT2D eigenvalue weighted by Crippen LogP contribution is 2.27. The van der Waals surface area contributed by atoms with E-state index in [4.69, 9.17) is 9.47 Å². The molecule has 0 fully saturated rings. The molecular weight excluding hydrogens is 266 g/mol. The van der Waals surface area contributed by atoms with E-state index in [2.05, 4.69) is 15.3 Å². The number of aryl methyl sites for hydroxylation is 2. The Hall–Kier alpha value is -2.30. The summed E-state index contributed by atoms with van der Waals surface area (Å²) in [7, 11) is 3.28. The topological polar surface area (TPSA) is 56.3 Å². The smallest absolute Gasteiger partial charge is 0.160 e. The van der Waals surface area contributed by atoms with E-state index in [9.17, 15) is 0 Å². The molecule has 0 saturated heterocycles. The standard InChI is InChI=1S/C16H21N3O2/c1-11-12(2)19-16(10-18-11)17-8-7-13-5-6-14(20-3)15(9-13)21-4/h5-6,9-10H,7-8H2,1-4H3,(H,17,19). The third-order valence-electron chi connectivity index (χ3n) is 3.36. The summed E-state index contributed by atoms with van der Waals surface area (Å²) in [5, 5.41) is 3.28. The Kier molecular flexibility index (Phi) is 4.98. The van der Waals surface area contributed by atoms with Crippen LogP contribution in [0.3, 0.4) is 0 Å². The minimum atomic E-state index is 0.745. The third kappa shape index (κ3) is 3.84. The van der Waals surface area contributed by atoms with Gasteiger partial charge in [0.15, 0.2) is 11.5 Å². The molecule has 2 rings (SSSR count). The normalized spacial score (nSPS) is 10.3. The first kappa shape index (κ1) is 15.1. The maximum atomic E-state index is 5.30. The molecule has 5 nitrogen and oxygen atoms in total. The van der Waals surface area contributed by atoms with Crippen molar-refractivity contribution in [1.29, 1.82) is 0 Å². The molecule has 0 spiro atoms. The Morgan fingerprint density at radius 3 is 2.48 bits per heavy atom. The lowest BCUT2D eigenvalue weighted by Crippen LogP contribution is -2.08. The largest absolute Gasteiger partial charge is 0.493 e. The molecular formula is C16H21N3O2. The Bertz CT molecular complexity index is 614. The minimum absolute atomic E-state index is 0.745. The zero-order chi connectivity index (χ0) is 15.2. The van der Waals surface area contributed by atoms with Crippen molar-refractivity contribution in [2.45, 2.75) is 20.3 Å². The second-order valence-electron chi connectivity index (χ2n) is 4.79. The molecule has 1 N–H and O–H groups in total. The number of anilines is 1. The Labute approximate surface area is 125 Å². The van der Waals surface area contributed by atoms with Gasteiger partial charge in [0, 0.05) is 6.54 Å². The van der Waals surface area contributed by atoms with Crippen molar-refractivity contribution in [2.75, 3.05) is 26.1 Å². The zero-order valence-electron chi connectivity index (χ0n) is 12.9. The van der Waals surface area contributed by atoms with Crippen LogP contribution in [0, 0.1) is 13.8 Å². The van der Waals surface area contributed by atoms with E-state index in [1.165, 1.54) is 5.56 Å². The molecule has 1 aromatic carbocycles. The molecule has 1 heterocycles. The molecule has 0 aliphatic rings. The molecule has 21 heavy (non-hydrogen) atoms. The van der Waals surface area contributed by atoms with Crippen LogP contribution in [0.1, 0.15) is 17.0 Å². The number of methoxy groups -OCH3 is 2. The molecule has 2 aromatic rings. The van der Waals surface area contributed by atoms with Crippen LogP contribution in [-0.2, 0) is 6.42 Å². The average molecular weight is 287 g/mol. The van der Waals surface area contributed by atoms with E-state index in [1.54, 1.807) is 20.4 Å². The first-order valence-corrected chi connectivity index (χ1v) is 6.89. The van der Waals surface area contributed by atoms with Gasteiger partial charge in [-0.15, -0.1) is 0 Å². The van der Waals surface area contributed by atoms with Crippen LogP contribution < -0.4 is 14.8 Å². The summed E-state index contributed by atoms with van der Waals surface area (Å²) in [4.78, 5) is 8.74. The summed E-state index contributed by atoms with van der Waals surface area (Å²) < 4.78 is 10.5. The zero-order valence-corrected chi connectivity index (χ0v) is 12.9. The van der Waals surface area contributed by atoms with Gasteiger partial charge in [-0.2, -0.15) is 0 Å². The Balaban J connectivity index is 1.95. The van der Waals surface area contributed by atoms with Gasteiger partial charge < -0.3 is 14.8 Å². The fraction of sp³-hybridized carbons (Fsp3) is 0.375. The molecule has 1 aromatic heterocycles. The van der Waals surface area contributed by atoms with Crippen LogP contribution in [0.5, 0.6) is 11.5 Å². The monoisotopic (exact) mass is 287 g/mol. The van der Waals surface area contributed by atoms with E-state index in [-0.39, 0.29) is 0 Å². The summed E-state index contributed by atoms with van der Waals surface area (Å²) in [5.41, 5.74) is 3.09. The average Bonchev–Trinajstić information content (AvgIpc) is 2.50. The van der Waals surface area contributed by atoms with Crippen molar-refractivity contribution >= 4 is 5.82 Å². The molecule has 0 unspecified atom stereocenters. The highest BCUT2D eigenvalue weighted by atomic mass is 16.5. The van der Waals surface area contributed by atoms with Crippen molar-refractivity contribution < 1.29 is 9.47 Å². The number of rotatable bonds is 6. The third-order valence-corrected chi connectivity index (χ3v) is 3.36. The molecule has 112 valence electrons. The maximum Gasteiger partial charge on any atom is 0.160 e. The highest BCUT2D eigenvalue weighted by molar-refractivity contribution is 5.43. The summed E-state index contributed by atoms with van der Waals surface area (Å²) in [6.45, 7) is 4.70. The number of nitrogens with one attached hydrogen (secondary N) is 1.